The average molecular weight is 410 g/mol. The number of rotatable bonds is 3. The number of ether oxygens (including phenoxy) is 2. The van der Waals surface area contributed by atoms with Gasteiger partial charge in [-0.25, -0.2) is 4.98 Å². The highest BCUT2D eigenvalue weighted by Crippen LogP contribution is 2.33. The number of piperazine rings is 1. The van der Waals surface area contributed by atoms with Crippen molar-refractivity contribution in [3.8, 4) is 11.5 Å². The number of nitrogens with zero attached hydrogens (tertiary/aromatic N) is 3. The highest BCUT2D eigenvalue weighted by Gasteiger charge is 2.33. The first kappa shape index (κ1) is 18.2. The molecule has 3 aromatic rings. The first-order valence-corrected chi connectivity index (χ1v) is 10.8. The zero-order valence-corrected chi connectivity index (χ0v) is 17.2. The molecule has 1 aromatic heterocycles. The number of aromatic nitrogens is 1. The van der Waals surface area contributed by atoms with Crippen LogP contribution < -0.4 is 14.4 Å². The van der Waals surface area contributed by atoms with Crippen LogP contribution in [-0.2, 0) is 11.2 Å². The van der Waals surface area contributed by atoms with Gasteiger partial charge in [-0.3, -0.25) is 4.79 Å². The zero-order valence-electron chi connectivity index (χ0n) is 16.3. The molecular formula is C22H23N3O3S. The van der Waals surface area contributed by atoms with E-state index in [0.29, 0.717) is 24.6 Å². The van der Waals surface area contributed by atoms with E-state index in [-0.39, 0.29) is 12.5 Å². The van der Waals surface area contributed by atoms with Crippen molar-refractivity contribution < 1.29 is 14.3 Å². The summed E-state index contributed by atoms with van der Waals surface area (Å²) in [5.74, 6) is 1.33. The van der Waals surface area contributed by atoms with E-state index in [1.165, 1.54) is 10.3 Å². The number of hydrogen-bond donors (Lipinski definition) is 0. The van der Waals surface area contributed by atoms with Gasteiger partial charge in [-0.05, 0) is 30.2 Å². The van der Waals surface area contributed by atoms with Crippen molar-refractivity contribution in [1.82, 2.24) is 9.88 Å². The van der Waals surface area contributed by atoms with Crippen molar-refractivity contribution in [2.24, 2.45) is 0 Å². The smallest absolute Gasteiger partial charge is 0.267 e. The maximum atomic E-state index is 12.9. The van der Waals surface area contributed by atoms with Gasteiger partial charge in [0, 0.05) is 26.2 Å². The van der Waals surface area contributed by atoms with E-state index in [2.05, 4.69) is 30.0 Å². The van der Waals surface area contributed by atoms with Crippen LogP contribution in [0.1, 0.15) is 12.5 Å². The Morgan fingerprint density at radius 2 is 1.90 bits per heavy atom. The molecule has 1 amide bonds. The second-order valence-corrected chi connectivity index (χ2v) is 8.30. The SMILES string of the molecule is CCc1cccc2sc(N3CCN(C(=O)C4COc5ccccc5O4)CC3)nc12. The monoisotopic (exact) mass is 409 g/mol. The fourth-order valence-corrected chi connectivity index (χ4v) is 4.94. The summed E-state index contributed by atoms with van der Waals surface area (Å²) < 4.78 is 12.8. The number of aryl methyl sites for hydroxylation is 1. The summed E-state index contributed by atoms with van der Waals surface area (Å²) in [5, 5.41) is 1.04. The molecule has 0 spiro atoms. The fraction of sp³-hybridized carbons (Fsp3) is 0.364. The van der Waals surface area contributed by atoms with E-state index in [4.69, 9.17) is 14.5 Å². The third-order valence-corrected chi connectivity index (χ3v) is 6.60. The Hall–Kier alpha value is -2.80. The molecule has 1 atom stereocenters. The molecule has 0 bridgehead atoms. The molecule has 6 nitrogen and oxygen atoms in total. The third-order valence-electron chi connectivity index (χ3n) is 5.52. The van der Waals surface area contributed by atoms with Gasteiger partial charge in [0.1, 0.15) is 6.61 Å². The minimum absolute atomic E-state index is 0.00304. The van der Waals surface area contributed by atoms with Crippen molar-refractivity contribution >= 4 is 32.6 Å². The molecule has 1 unspecified atom stereocenters. The molecule has 7 heteroatoms. The highest BCUT2D eigenvalue weighted by atomic mass is 32.1. The lowest BCUT2D eigenvalue weighted by Crippen LogP contribution is -2.54. The summed E-state index contributed by atoms with van der Waals surface area (Å²) >= 11 is 1.73. The second-order valence-electron chi connectivity index (χ2n) is 7.29. The summed E-state index contributed by atoms with van der Waals surface area (Å²) in [6.07, 6.45) is 0.404. The molecule has 1 fully saturated rings. The normalized spacial score (nSPS) is 18.9. The van der Waals surface area contributed by atoms with Gasteiger partial charge in [0.05, 0.1) is 10.2 Å². The molecule has 0 radical (unpaired) electrons. The van der Waals surface area contributed by atoms with E-state index >= 15 is 0 Å². The van der Waals surface area contributed by atoms with Crippen LogP contribution in [0.25, 0.3) is 10.2 Å². The predicted molar refractivity (Wildman–Crippen MR) is 114 cm³/mol. The van der Waals surface area contributed by atoms with Crippen LogP contribution in [0.15, 0.2) is 42.5 Å². The largest absolute Gasteiger partial charge is 0.485 e. The van der Waals surface area contributed by atoms with Crippen LogP contribution in [0.5, 0.6) is 11.5 Å². The number of carbonyl (C=O) groups excluding carboxylic acids is 1. The lowest BCUT2D eigenvalue weighted by molar-refractivity contribution is -0.141. The molecule has 5 rings (SSSR count). The minimum atomic E-state index is -0.578. The minimum Gasteiger partial charge on any atom is -0.485 e. The average Bonchev–Trinajstić information content (AvgIpc) is 3.23. The Morgan fingerprint density at radius 1 is 1.10 bits per heavy atom. The molecule has 150 valence electrons. The second kappa shape index (κ2) is 7.55. The first-order chi connectivity index (χ1) is 14.2. The molecule has 2 aromatic carbocycles. The van der Waals surface area contributed by atoms with Gasteiger partial charge in [0.2, 0.25) is 6.10 Å². The number of amides is 1. The van der Waals surface area contributed by atoms with Gasteiger partial charge >= 0.3 is 0 Å². The number of fused-ring (bicyclic) bond motifs is 2. The zero-order chi connectivity index (χ0) is 19.8. The van der Waals surface area contributed by atoms with Gasteiger partial charge in [-0.1, -0.05) is 42.5 Å². The van der Waals surface area contributed by atoms with E-state index in [0.717, 1.165) is 30.2 Å². The summed E-state index contributed by atoms with van der Waals surface area (Å²) in [6.45, 7) is 5.30. The lowest BCUT2D eigenvalue weighted by Gasteiger charge is -2.37. The predicted octanol–water partition coefficient (Wildman–Crippen LogP) is 3.35. The number of anilines is 1. The number of carbonyl (C=O) groups is 1. The Morgan fingerprint density at radius 3 is 2.69 bits per heavy atom. The quantitative estimate of drug-likeness (QED) is 0.664. The highest BCUT2D eigenvalue weighted by molar-refractivity contribution is 7.22. The fourth-order valence-electron chi connectivity index (χ4n) is 3.88. The lowest BCUT2D eigenvalue weighted by atomic mass is 10.1. The van der Waals surface area contributed by atoms with Crippen molar-refractivity contribution in [2.75, 3.05) is 37.7 Å². The van der Waals surface area contributed by atoms with E-state index < -0.39 is 6.10 Å². The Labute approximate surface area is 173 Å². The maximum absolute atomic E-state index is 12.9. The maximum Gasteiger partial charge on any atom is 0.267 e. The molecule has 29 heavy (non-hydrogen) atoms. The molecule has 0 aliphatic carbocycles. The number of para-hydroxylation sites is 3. The van der Waals surface area contributed by atoms with Gasteiger partial charge in [0.15, 0.2) is 16.6 Å². The Kier molecular flexibility index (Phi) is 4.75. The Bertz CT molecular complexity index is 1040. The standard InChI is InChI=1S/C22H23N3O3S/c1-2-15-6-5-9-19-20(15)23-22(29-19)25-12-10-24(11-13-25)21(26)18-14-27-16-7-3-4-8-17(16)28-18/h3-9,18H,2,10-14H2,1H3. The summed E-state index contributed by atoms with van der Waals surface area (Å²) in [6, 6.07) is 13.9. The van der Waals surface area contributed by atoms with Crippen LogP contribution in [0.2, 0.25) is 0 Å². The first-order valence-electron chi connectivity index (χ1n) is 10.0. The molecule has 2 aliphatic heterocycles. The van der Waals surface area contributed by atoms with E-state index in [1.807, 2.05) is 29.2 Å². The van der Waals surface area contributed by atoms with E-state index in [1.54, 1.807) is 11.3 Å². The number of thiazole rings is 1. The van der Waals surface area contributed by atoms with E-state index in [9.17, 15) is 4.79 Å². The number of hydrogen-bond acceptors (Lipinski definition) is 6. The van der Waals surface area contributed by atoms with Crippen LogP contribution in [0.3, 0.4) is 0 Å². The van der Waals surface area contributed by atoms with Crippen molar-refractivity contribution in [1.29, 1.82) is 0 Å². The summed E-state index contributed by atoms with van der Waals surface area (Å²) in [7, 11) is 0. The van der Waals surface area contributed by atoms with Crippen molar-refractivity contribution in [3.05, 3.63) is 48.0 Å². The van der Waals surface area contributed by atoms with Crippen LogP contribution in [0, 0.1) is 0 Å². The van der Waals surface area contributed by atoms with Crippen molar-refractivity contribution in [2.45, 2.75) is 19.4 Å². The molecular weight excluding hydrogens is 386 g/mol. The Balaban J connectivity index is 1.24. The van der Waals surface area contributed by atoms with Crippen LogP contribution in [0.4, 0.5) is 5.13 Å². The summed E-state index contributed by atoms with van der Waals surface area (Å²) in [5.41, 5.74) is 2.40. The van der Waals surface area contributed by atoms with Crippen LogP contribution >= 0.6 is 11.3 Å². The van der Waals surface area contributed by atoms with Crippen molar-refractivity contribution in [3.63, 3.8) is 0 Å². The topological polar surface area (TPSA) is 54.9 Å². The third kappa shape index (κ3) is 3.40. The van der Waals surface area contributed by atoms with Gasteiger partial charge in [0.25, 0.3) is 5.91 Å². The van der Waals surface area contributed by atoms with Crippen LogP contribution in [-0.4, -0.2) is 54.7 Å². The van der Waals surface area contributed by atoms with Gasteiger partial charge in [-0.2, -0.15) is 0 Å². The molecule has 3 heterocycles. The molecule has 0 saturated carbocycles. The summed E-state index contributed by atoms with van der Waals surface area (Å²) in [4.78, 5) is 22.0. The molecule has 2 aliphatic rings. The molecule has 1 saturated heterocycles. The van der Waals surface area contributed by atoms with Gasteiger partial charge in [-0.15, -0.1) is 0 Å². The van der Waals surface area contributed by atoms with Gasteiger partial charge < -0.3 is 19.3 Å². The number of benzene rings is 2. The molecule has 0 N–H and O–H groups in total.